The molecule has 0 spiro atoms. The summed E-state index contributed by atoms with van der Waals surface area (Å²) >= 11 is 8.52. The maximum Gasteiger partial charge on any atom is 0.269 e. The van der Waals surface area contributed by atoms with Gasteiger partial charge in [0.1, 0.15) is 4.88 Å². The van der Waals surface area contributed by atoms with E-state index in [2.05, 4.69) is 16.4 Å². The highest BCUT2D eigenvalue weighted by Crippen LogP contribution is 2.28. The lowest BCUT2D eigenvalue weighted by Crippen LogP contribution is -2.10. The van der Waals surface area contributed by atoms with Crippen LogP contribution in [0.25, 0.3) is 10.2 Å². The van der Waals surface area contributed by atoms with E-state index in [1.165, 1.54) is 22.7 Å². The molecule has 0 aliphatic rings. The molecule has 4 nitrogen and oxygen atoms in total. The minimum Gasteiger partial charge on any atom is -0.297 e. The second-order valence-corrected chi connectivity index (χ2v) is 6.22. The van der Waals surface area contributed by atoms with Gasteiger partial charge in [-0.1, -0.05) is 22.9 Å². The first kappa shape index (κ1) is 13.1. The number of fused-ring (bicyclic) bond motifs is 1. The van der Waals surface area contributed by atoms with Gasteiger partial charge in [0.15, 0.2) is 5.13 Å². The van der Waals surface area contributed by atoms with Gasteiger partial charge < -0.3 is 0 Å². The van der Waals surface area contributed by atoms with E-state index in [4.69, 9.17) is 16.9 Å². The molecule has 2 heterocycles. The van der Waals surface area contributed by atoms with Crippen molar-refractivity contribution in [3.05, 3.63) is 45.1 Å². The Morgan fingerprint density at radius 2 is 2.25 bits per heavy atom. The molecule has 1 amide bonds. The standard InChI is InChI=1S/C13H6ClN3OS2/c14-8-3-4-19-11(8)12(18)17-13-16-9-2-1-7(6-15)5-10(9)20-13/h1-5H,(H,16,17,18). The number of halogens is 1. The van der Waals surface area contributed by atoms with Crippen molar-refractivity contribution in [2.24, 2.45) is 0 Å². The Hall–Kier alpha value is -1.94. The van der Waals surface area contributed by atoms with Gasteiger partial charge in [-0.3, -0.25) is 10.1 Å². The Bertz CT molecular complexity index is 847. The molecule has 0 saturated carbocycles. The monoisotopic (exact) mass is 319 g/mol. The predicted molar refractivity (Wildman–Crippen MR) is 81.6 cm³/mol. The van der Waals surface area contributed by atoms with Gasteiger partial charge >= 0.3 is 0 Å². The summed E-state index contributed by atoms with van der Waals surface area (Å²) in [6.45, 7) is 0. The zero-order chi connectivity index (χ0) is 14.1. The highest BCUT2D eigenvalue weighted by Gasteiger charge is 2.14. The lowest BCUT2D eigenvalue weighted by Gasteiger charge is -1.98. The van der Waals surface area contributed by atoms with Gasteiger partial charge in [0, 0.05) is 0 Å². The van der Waals surface area contributed by atoms with Crippen LogP contribution in [0.15, 0.2) is 29.6 Å². The van der Waals surface area contributed by atoms with Crippen molar-refractivity contribution < 1.29 is 4.79 Å². The van der Waals surface area contributed by atoms with Crippen molar-refractivity contribution in [1.29, 1.82) is 5.26 Å². The molecule has 0 saturated heterocycles. The van der Waals surface area contributed by atoms with Crippen LogP contribution < -0.4 is 5.32 Å². The zero-order valence-corrected chi connectivity index (χ0v) is 12.3. The molecule has 0 radical (unpaired) electrons. The van der Waals surface area contributed by atoms with E-state index in [9.17, 15) is 4.79 Å². The van der Waals surface area contributed by atoms with Crippen LogP contribution in [0.1, 0.15) is 15.2 Å². The molecule has 0 aliphatic carbocycles. The summed E-state index contributed by atoms with van der Waals surface area (Å²) in [6.07, 6.45) is 0. The first-order valence-corrected chi connectivity index (χ1v) is 7.60. The Morgan fingerprint density at radius 1 is 1.40 bits per heavy atom. The molecule has 2 aromatic heterocycles. The summed E-state index contributed by atoms with van der Waals surface area (Å²) in [5, 5.41) is 14.3. The first-order chi connectivity index (χ1) is 9.67. The summed E-state index contributed by atoms with van der Waals surface area (Å²) in [4.78, 5) is 16.8. The largest absolute Gasteiger partial charge is 0.297 e. The molecular weight excluding hydrogens is 314 g/mol. The number of anilines is 1. The average Bonchev–Trinajstić information content (AvgIpc) is 3.03. The Balaban J connectivity index is 1.90. The summed E-state index contributed by atoms with van der Waals surface area (Å²) in [7, 11) is 0. The SMILES string of the molecule is N#Cc1ccc2nc(NC(=O)c3sccc3Cl)sc2c1. The normalized spacial score (nSPS) is 10.4. The highest BCUT2D eigenvalue weighted by atomic mass is 35.5. The van der Waals surface area contributed by atoms with Crippen molar-refractivity contribution >= 4 is 55.5 Å². The number of benzene rings is 1. The van der Waals surface area contributed by atoms with Crippen LogP contribution in [0.5, 0.6) is 0 Å². The van der Waals surface area contributed by atoms with Crippen LogP contribution in [0.3, 0.4) is 0 Å². The zero-order valence-electron chi connectivity index (χ0n) is 9.88. The van der Waals surface area contributed by atoms with Crippen molar-refractivity contribution in [2.75, 3.05) is 5.32 Å². The third kappa shape index (κ3) is 2.39. The Kier molecular flexibility index (Phi) is 3.40. The number of hydrogen-bond donors (Lipinski definition) is 1. The molecule has 0 fully saturated rings. The lowest BCUT2D eigenvalue weighted by molar-refractivity contribution is 0.103. The Morgan fingerprint density at radius 3 is 2.95 bits per heavy atom. The average molecular weight is 320 g/mol. The van der Waals surface area contributed by atoms with Crippen molar-refractivity contribution in [3.63, 3.8) is 0 Å². The third-order valence-electron chi connectivity index (χ3n) is 2.56. The number of rotatable bonds is 2. The second kappa shape index (κ2) is 5.21. The summed E-state index contributed by atoms with van der Waals surface area (Å²) in [5.41, 5.74) is 1.32. The van der Waals surface area contributed by atoms with Crippen LogP contribution in [0.4, 0.5) is 5.13 Å². The van der Waals surface area contributed by atoms with Crippen LogP contribution in [-0.4, -0.2) is 10.9 Å². The minimum absolute atomic E-state index is 0.274. The van der Waals surface area contributed by atoms with E-state index >= 15 is 0 Å². The molecule has 1 N–H and O–H groups in total. The fourth-order valence-electron chi connectivity index (χ4n) is 1.66. The summed E-state index contributed by atoms with van der Waals surface area (Å²) < 4.78 is 0.858. The molecule has 0 aliphatic heterocycles. The number of nitrogens with zero attached hydrogens (tertiary/aromatic N) is 2. The molecule has 3 rings (SSSR count). The molecule has 0 atom stereocenters. The molecule has 98 valence electrons. The van der Waals surface area contributed by atoms with Gasteiger partial charge in [0.2, 0.25) is 0 Å². The van der Waals surface area contributed by atoms with Crippen molar-refractivity contribution in [3.8, 4) is 6.07 Å². The van der Waals surface area contributed by atoms with Crippen LogP contribution in [0.2, 0.25) is 5.02 Å². The fraction of sp³-hybridized carbons (Fsp3) is 0. The van der Waals surface area contributed by atoms with E-state index in [0.717, 1.165) is 10.2 Å². The molecule has 0 unspecified atom stereocenters. The summed E-state index contributed by atoms with van der Waals surface area (Å²) in [5.74, 6) is -0.274. The number of thiazole rings is 1. The fourth-order valence-corrected chi connectivity index (χ4v) is 3.59. The van der Waals surface area contributed by atoms with E-state index in [1.54, 1.807) is 29.6 Å². The minimum atomic E-state index is -0.274. The van der Waals surface area contributed by atoms with E-state index < -0.39 is 0 Å². The summed E-state index contributed by atoms with van der Waals surface area (Å²) in [6, 6.07) is 8.97. The third-order valence-corrected chi connectivity index (χ3v) is 4.84. The number of nitrogens with one attached hydrogen (secondary N) is 1. The molecule has 7 heteroatoms. The number of carbonyl (C=O) groups is 1. The van der Waals surface area contributed by atoms with Gasteiger partial charge in [-0.2, -0.15) is 5.26 Å². The van der Waals surface area contributed by atoms with E-state index in [1.807, 2.05) is 0 Å². The first-order valence-electron chi connectivity index (χ1n) is 5.52. The number of carbonyl (C=O) groups excluding carboxylic acids is 1. The molecular formula is C13H6ClN3OS2. The number of aromatic nitrogens is 1. The van der Waals surface area contributed by atoms with E-state index in [0.29, 0.717) is 20.6 Å². The quantitative estimate of drug-likeness (QED) is 0.772. The van der Waals surface area contributed by atoms with Gasteiger partial charge in [-0.05, 0) is 29.6 Å². The maximum atomic E-state index is 12.0. The molecule has 20 heavy (non-hydrogen) atoms. The van der Waals surface area contributed by atoms with Gasteiger partial charge in [-0.15, -0.1) is 11.3 Å². The molecule has 1 aromatic carbocycles. The number of nitriles is 1. The van der Waals surface area contributed by atoms with Crippen molar-refractivity contribution in [2.45, 2.75) is 0 Å². The number of amides is 1. The van der Waals surface area contributed by atoms with Crippen LogP contribution >= 0.6 is 34.3 Å². The molecule has 0 bridgehead atoms. The number of thiophene rings is 1. The smallest absolute Gasteiger partial charge is 0.269 e. The lowest BCUT2D eigenvalue weighted by atomic mass is 10.2. The van der Waals surface area contributed by atoms with Crippen LogP contribution in [0, 0.1) is 11.3 Å². The predicted octanol–water partition coefficient (Wildman–Crippen LogP) is 4.14. The number of hydrogen-bond acceptors (Lipinski definition) is 5. The van der Waals surface area contributed by atoms with Gasteiger partial charge in [-0.25, -0.2) is 4.98 Å². The van der Waals surface area contributed by atoms with Gasteiger partial charge in [0.25, 0.3) is 5.91 Å². The van der Waals surface area contributed by atoms with Crippen LogP contribution in [-0.2, 0) is 0 Å². The van der Waals surface area contributed by atoms with E-state index in [-0.39, 0.29) is 5.91 Å². The highest BCUT2D eigenvalue weighted by molar-refractivity contribution is 7.22. The maximum absolute atomic E-state index is 12.0. The Labute approximate surface area is 127 Å². The second-order valence-electron chi connectivity index (χ2n) is 3.87. The topological polar surface area (TPSA) is 65.8 Å². The molecule has 3 aromatic rings. The van der Waals surface area contributed by atoms with Crippen molar-refractivity contribution in [1.82, 2.24) is 4.98 Å². The van der Waals surface area contributed by atoms with Gasteiger partial charge in [0.05, 0.1) is 26.9 Å².